The zero-order chi connectivity index (χ0) is 18.4. The maximum absolute atomic E-state index is 12.3. The van der Waals surface area contributed by atoms with Crippen LogP contribution in [0, 0.1) is 0 Å². The van der Waals surface area contributed by atoms with Crippen molar-refractivity contribution < 1.29 is 9.53 Å². The number of carbonyl (C=O) groups is 1. The third-order valence-electron chi connectivity index (χ3n) is 3.62. The summed E-state index contributed by atoms with van der Waals surface area (Å²) in [6, 6.07) is 16.3. The van der Waals surface area contributed by atoms with Crippen LogP contribution in [0.1, 0.15) is 16.1 Å². The number of benzene rings is 2. The van der Waals surface area contributed by atoms with E-state index in [4.69, 9.17) is 16.3 Å². The van der Waals surface area contributed by atoms with Crippen molar-refractivity contribution in [2.75, 3.05) is 12.4 Å². The first-order chi connectivity index (χ1) is 12.7. The van der Waals surface area contributed by atoms with Crippen LogP contribution in [0.15, 0.2) is 60.8 Å². The van der Waals surface area contributed by atoms with Crippen LogP contribution in [0.4, 0.5) is 11.6 Å². The van der Waals surface area contributed by atoms with Gasteiger partial charge in [-0.2, -0.15) is 0 Å². The van der Waals surface area contributed by atoms with Gasteiger partial charge in [0.1, 0.15) is 11.4 Å². The molecule has 0 aliphatic carbocycles. The van der Waals surface area contributed by atoms with Crippen LogP contribution in [0.25, 0.3) is 0 Å². The molecule has 26 heavy (non-hydrogen) atoms. The van der Waals surface area contributed by atoms with Gasteiger partial charge in [0.05, 0.1) is 17.8 Å². The van der Waals surface area contributed by atoms with Crippen molar-refractivity contribution in [3.05, 3.63) is 77.1 Å². The fourth-order valence-corrected chi connectivity index (χ4v) is 2.43. The van der Waals surface area contributed by atoms with E-state index in [1.54, 1.807) is 19.2 Å². The Morgan fingerprint density at radius 3 is 2.62 bits per heavy atom. The molecule has 7 heteroatoms. The zero-order valence-electron chi connectivity index (χ0n) is 14.1. The van der Waals surface area contributed by atoms with Crippen LogP contribution in [-0.2, 0) is 6.54 Å². The Bertz CT molecular complexity index is 900. The number of rotatable bonds is 6. The number of anilines is 2. The Labute approximate surface area is 156 Å². The maximum atomic E-state index is 12.3. The number of amides is 1. The first-order valence-corrected chi connectivity index (χ1v) is 8.29. The van der Waals surface area contributed by atoms with E-state index < -0.39 is 0 Å². The Kier molecular flexibility index (Phi) is 5.66. The Morgan fingerprint density at radius 2 is 1.88 bits per heavy atom. The van der Waals surface area contributed by atoms with Crippen LogP contribution < -0.4 is 15.4 Å². The molecule has 0 spiro atoms. The lowest BCUT2D eigenvalue weighted by molar-refractivity contribution is 0.0946. The number of hydrogen-bond donors (Lipinski definition) is 2. The fraction of sp³-hybridized carbons (Fsp3) is 0.105. The molecule has 2 aromatic carbocycles. The molecule has 1 amide bonds. The second kappa shape index (κ2) is 8.31. The smallest absolute Gasteiger partial charge is 0.270 e. The van der Waals surface area contributed by atoms with E-state index in [-0.39, 0.29) is 11.6 Å². The van der Waals surface area contributed by atoms with Gasteiger partial charge in [0.15, 0.2) is 0 Å². The van der Waals surface area contributed by atoms with Crippen molar-refractivity contribution in [3.63, 3.8) is 0 Å². The molecule has 0 saturated carbocycles. The number of hydrogen-bond acceptors (Lipinski definition) is 5. The largest absolute Gasteiger partial charge is 0.497 e. The molecule has 1 aromatic heterocycles. The summed E-state index contributed by atoms with van der Waals surface area (Å²) in [4.78, 5) is 20.7. The summed E-state index contributed by atoms with van der Waals surface area (Å²) >= 11 is 6.11. The molecule has 3 aromatic rings. The van der Waals surface area contributed by atoms with E-state index in [9.17, 15) is 4.79 Å². The van der Waals surface area contributed by atoms with Crippen LogP contribution in [0.3, 0.4) is 0 Å². The molecule has 0 aliphatic heterocycles. The summed E-state index contributed by atoms with van der Waals surface area (Å²) in [7, 11) is 1.61. The van der Waals surface area contributed by atoms with E-state index in [1.165, 1.54) is 6.20 Å². The number of halogens is 1. The van der Waals surface area contributed by atoms with Gasteiger partial charge in [-0.15, -0.1) is 0 Å². The van der Waals surface area contributed by atoms with Crippen molar-refractivity contribution >= 4 is 29.1 Å². The molecule has 3 rings (SSSR count). The average molecular weight is 369 g/mol. The Balaban J connectivity index is 1.65. The molecule has 0 radical (unpaired) electrons. The maximum Gasteiger partial charge on any atom is 0.270 e. The molecule has 0 bridgehead atoms. The molecule has 0 aliphatic rings. The predicted molar refractivity (Wildman–Crippen MR) is 101 cm³/mol. The molecule has 0 saturated heterocycles. The number of carbonyl (C=O) groups excluding carboxylic acids is 1. The van der Waals surface area contributed by atoms with Crippen LogP contribution in [-0.4, -0.2) is 23.0 Å². The Morgan fingerprint density at radius 1 is 1.12 bits per heavy atom. The molecule has 2 N–H and O–H groups in total. The van der Waals surface area contributed by atoms with Crippen molar-refractivity contribution in [1.82, 2.24) is 15.3 Å². The molecular formula is C19H17ClN4O2. The van der Waals surface area contributed by atoms with Crippen molar-refractivity contribution in [2.24, 2.45) is 0 Å². The van der Waals surface area contributed by atoms with E-state index in [2.05, 4.69) is 20.6 Å². The topological polar surface area (TPSA) is 76.1 Å². The first kappa shape index (κ1) is 17.7. The van der Waals surface area contributed by atoms with E-state index >= 15 is 0 Å². The number of nitrogens with one attached hydrogen (secondary N) is 2. The highest BCUT2D eigenvalue weighted by Crippen LogP contribution is 2.23. The van der Waals surface area contributed by atoms with Gasteiger partial charge in [0.25, 0.3) is 5.91 Å². The second-order valence-electron chi connectivity index (χ2n) is 5.40. The highest BCUT2D eigenvalue weighted by Gasteiger charge is 2.09. The third-order valence-corrected chi connectivity index (χ3v) is 3.95. The quantitative estimate of drug-likeness (QED) is 0.691. The van der Waals surface area contributed by atoms with Gasteiger partial charge in [-0.05, 0) is 35.9 Å². The molecule has 132 valence electrons. The predicted octanol–water partition coefficient (Wildman–Crippen LogP) is 3.81. The molecule has 0 atom stereocenters. The summed E-state index contributed by atoms with van der Waals surface area (Å²) in [6.07, 6.45) is 1.52. The van der Waals surface area contributed by atoms with Gasteiger partial charge in [-0.25, -0.2) is 9.97 Å². The van der Waals surface area contributed by atoms with Crippen molar-refractivity contribution in [1.29, 1.82) is 0 Å². The summed E-state index contributed by atoms with van der Waals surface area (Å²) in [5, 5.41) is 6.38. The number of ether oxygens (including phenoxy) is 1. The van der Waals surface area contributed by atoms with Gasteiger partial charge in [0.2, 0.25) is 5.95 Å². The van der Waals surface area contributed by atoms with Crippen LogP contribution in [0.5, 0.6) is 5.75 Å². The van der Waals surface area contributed by atoms with Gasteiger partial charge >= 0.3 is 0 Å². The van der Waals surface area contributed by atoms with E-state index in [0.717, 1.165) is 11.3 Å². The van der Waals surface area contributed by atoms with Gasteiger partial charge < -0.3 is 15.4 Å². The fourth-order valence-electron chi connectivity index (χ4n) is 2.24. The number of methoxy groups -OCH3 is 1. The third kappa shape index (κ3) is 4.49. The summed E-state index contributed by atoms with van der Waals surface area (Å²) in [6.45, 7) is 0.389. The summed E-state index contributed by atoms with van der Waals surface area (Å²) in [5.41, 5.74) is 1.90. The lowest BCUT2D eigenvalue weighted by Crippen LogP contribution is -2.24. The second-order valence-corrected chi connectivity index (χ2v) is 5.81. The lowest BCUT2D eigenvalue weighted by atomic mass is 10.2. The lowest BCUT2D eigenvalue weighted by Gasteiger charge is -2.09. The normalized spacial score (nSPS) is 10.2. The average Bonchev–Trinajstić information content (AvgIpc) is 2.68. The van der Waals surface area contributed by atoms with Crippen molar-refractivity contribution in [3.8, 4) is 5.75 Å². The number of para-hydroxylation sites is 1. The first-order valence-electron chi connectivity index (χ1n) is 7.91. The standard InChI is InChI=1S/C19H17ClN4O2/c1-26-14-8-6-13(7-9-14)12-22-18(25)17-10-11-21-19(24-17)23-16-5-3-2-4-15(16)20/h2-11H,12H2,1H3,(H,22,25)(H,21,23,24). The molecule has 1 heterocycles. The minimum absolute atomic E-state index is 0.267. The molecule has 0 unspecified atom stereocenters. The van der Waals surface area contributed by atoms with Crippen LogP contribution in [0.2, 0.25) is 5.02 Å². The van der Waals surface area contributed by atoms with Gasteiger partial charge in [-0.3, -0.25) is 4.79 Å². The van der Waals surface area contributed by atoms with Crippen LogP contribution >= 0.6 is 11.6 Å². The van der Waals surface area contributed by atoms with E-state index in [1.807, 2.05) is 42.5 Å². The minimum Gasteiger partial charge on any atom is -0.497 e. The number of aromatic nitrogens is 2. The molecule has 0 fully saturated rings. The highest BCUT2D eigenvalue weighted by atomic mass is 35.5. The van der Waals surface area contributed by atoms with Crippen molar-refractivity contribution in [2.45, 2.75) is 6.54 Å². The molecule has 6 nitrogen and oxygen atoms in total. The van der Waals surface area contributed by atoms with Gasteiger partial charge in [0, 0.05) is 12.7 Å². The monoisotopic (exact) mass is 368 g/mol. The number of nitrogens with zero attached hydrogens (tertiary/aromatic N) is 2. The molecular weight excluding hydrogens is 352 g/mol. The summed E-state index contributed by atoms with van der Waals surface area (Å²) in [5.74, 6) is 0.784. The van der Waals surface area contributed by atoms with E-state index in [0.29, 0.717) is 23.2 Å². The highest BCUT2D eigenvalue weighted by molar-refractivity contribution is 6.33. The summed E-state index contributed by atoms with van der Waals surface area (Å²) < 4.78 is 5.11. The Hall–Kier alpha value is -3.12. The van der Waals surface area contributed by atoms with Gasteiger partial charge in [-0.1, -0.05) is 35.9 Å². The zero-order valence-corrected chi connectivity index (χ0v) is 14.8. The minimum atomic E-state index is -0.287. The SMILES string of the molecule is COc1ccc(CNC(=O)c2ccnc(Nc3ccccc3Cl)n2)cc1.